The number of hydrogen-bond acceptors (Lipinski definition) is 5. The Balaban J connectivity index is 1.87. The van der Waals surface area contributed by atoms with Crippen molar-refractivity contribution >= 4 is 26.5 Å². The van der Waals surface area contributed by atoms with Crippen LogP contribution < -0.4 is 34.3 Å². The van der Waals surface area contributed by atoms with Crippen molar-refractivity contribution in [3.05, 3.63) is 24.3 Å². The number of fused-ring (bicyclic) bond motifs is 2. The largest absolute Gasteiger partial charge is 0.453 e. The van der Waals surface area contributed by atoms with Gasteiger partial charge in [-0.05, 0) is 50.9 Å². The summed E-state index contributed by atoms with van der Waals surface area (Å²) >= 11 is 0. The fourth-order valence-electron chi connectivity index (χ4n) is 2.88. The van der Waals surface area contributed by atoms with Crippen molar-refractivity contribution in [1.29, 1.82) is 0 Å². The zero-order valence-electron chi connectivity index (χ0n) is 14.7. The molecule has 7 heteroatoms. The zero-order chi connectivity index (χ0) is 17.6. The molecule has 2 aromatic rings. The molecule has 0 atom stereocenters. The van der Waals surface area contributed by atoms with E-state index < -0.39 is 0 Å². The van der Waals surface area contributed by atoms with Gasteiger partial charge >= 0.3 is 0 Å². The Morgan fingerprint density at radius 2 is 1.12 bits per heavy atom. The van der Waals surface area contributed by atoms with Gasteiger partial charge in [0.1, 0.15) is 0 Å². The molecule has 2 aliphatic heterocycles. The summed E-state index contributed by atoms with van der Waals surface area (Å²) in [6.45, 7) is 9.22. The van der Waals surface area contributed by atoms with Crippen LogP contribution in [0.15, 0.2) is 24.3 Å². The summed E-state index contributed by atoms with van der Waals surface area (Å²) in [5.41, 5.74) is 0. The zero-order valence-corrected chi connectivity index (χ0v) is 16.4. The standard InChI is InChI=1S/C18H20O5P2/c1-24(2)13-7-5-11-15(21-9-19-11)17(13)23-18-14(25(3)4)8-6-12-16(18)22-10-20-12/h5-8H,9-10H2,1-4H3. The Hall–Kier alpha value is -1.70. The van der Waals surface area contributed by atoms with Crippen LogP contribution in [0.4, 0.5) is 0 Å². The number of rotatable bonds is 4. The third-order valence-electron chi connectivity index (χ3n) is 4.11. The van der Waals surface area contributed by atoms with Crippen molar-refractivity contribution in [2.45, 2.75) is 0 Å². The van der Waals surface area contributed by atoms with Gasteiger partial charge in [0, 0.05) is 10.6 Å². The normalized spacial score (nSPS) is 14.5. The summed E-state index contributed by atoms with van der Waals surface area (Å²) < 4.78 is 29.0. The summed E-state index contributed by atoms with van der Waals surface area (Å²) in [6.07, 6.45) is 0. The summed E-state index contributed by atoms with van der Waals surface area (Å²) in [5, 5.41) is 2.27. The molecule has 2 aliphatic rings. The monoisotopic (exact) mass is 378 g/mol. The molecule has 0 aromatic heterocycles. The van der Waals surface area contributed by atoms with Crippen LogP contribution in [0.1, 0.15) is 0 Å². The van der Waals surface area contributed by atoms with Crippen LogP contribution in [0.5, 0.6) is 34.5 Å². The van der Waals surface area contributed by atoms with Gasteiger partial charge in [-0.15, -0.1) is 0 Å². The predicted molar refractivity (Wildman–Crippen MR) is 102 cm³/mol. The molecule has 0 aliphatic carbocycles. The lowest BCUT2D eigenvalue weighted by molar-refractivity contribution is 0.169. The van der Waals surface area contributed by atoms with Crippen LogP contribution in [-0.2, 0) is 0 Å². The summed E-state index contributed by atoms with van der Waals surface area (Å²) in [6, 6.07) is 8.04. The van der Waals surface area contributed by atoms with Gasteiger partial charge in [0.2, 0.25) is 25.1 Å². The van der Waals surface area contributed by atoms with Gasteiger partial charge < -0.3 is 23.7 Å². The Morgan fingerprint density at radius 3 is 1.52 bits per heavy atom. The molecule has 2 heterocycles. The highest BCUT2D eigenvalue weighted by Gasteiger charge is 2.29. The van der Waals surface area contributed by atoms with Gasteiger partial charge in [-0.3, -0.25) is 0 Å². The molecule has 132 valence electrons. The molecule has 0 spiro atoms. The molecule has 0 unspecified atom stereocenters. The van der Waals surface area contributed by atoms with E-state index >= 15 is 0 Å². The first-order valence-corrected chi connectivity index (χ1v) is 12.4. The van der Waals surface area contributed by atoms with E-state index in [4.69, 9.17) is 23.7 Å². The highest BCUT2D eigenvalue weighted by molar-refractivity contribution is 7.64. The summed E-state index contributed by atoms with van der Waals surface area (Å²) in [5.74, 6) is 4.25. The smallest absolute Gasteiger partial charge is 0.231 e. The van der Waals surface area contributed by atoms with Crippen LogP contribution >= 0.6 is 15.8 Å². The molecule has 4 rings (SSSR count). The Labute approximate surface area is 149 Å². The first-order chi connectivity index (χ1) is 12.1. The Kier molecular flexibility index (Phi) is 4.39. The Bertz CT molecular complexity index is 752. The second-order valence-corrected chi connectivity index (χ2v) is 10.7. The number of ether oxygens (including phenoxy) is 5. The molecule has 0 fully saturated rings. The van der Waals surface area contributed by atoms with Crippen LogP contribution in [0.2, 0.25) is 0 Å². The molecule has 5 nitrogen and oxygen atoms in total. The fourth-order valence-corrected chi connectivity index (χ4v) is 4.73. The fraction of sp³-hybridized carbons (Fsp3) is 0.333. The SMILES string of the molecule is CP(C)c1ccc2c(c1Oc1c(P(C)C)ccc3c1OCO3)OCO2. The van der Waals surface area contributed by atoms with E-state index in [0.717, 1.165) is 33.6 Å². The molecule has 0 N–H and O–H groups in total. The van der Waals surface area contributed by atoms with Crippen molar-refractivity contribution in [3.8, 4) is 34.5 Å². The topological polar surface area (TPSA) is 46.2 Å². The Morgan fingerprint density at radius 1 is 0.680 bits per heavy atom. The third kappa shape index (κ3) is 2.90. The van der Waals surface area contributed by atoms with E-state index in [9.17, 15) is 0 Å². The average Bonchev–Trinajstić information content (AvgIpc) is 3.23. The second-order valence-electron chi connectivity index (χ2n) is 6.19. The van der Waals surface area contributed by atoms with Crippen molar-refractivity contribution in [2.24, 2.45) is 0 Å². The molecular weight excluding hydrogens is 358 g/mol. The number of hydrogen-bond donors (Lipinski definition) is 0. The highest BCUT2D eigenvalue weighted by atomic mass is 31.1. The third-order valence-corrected chi connectivity index (χ3v) is 6.75. The summed E-state index contributed by atoms with van der Waals surface area (Å²) in [7, 11) is -0.755. The van der Waals surface area contributed by atoms with Crippen LogP contribution in [0.25, 0.3) is 0 Å². The maximum absolute atomic E-state index is 6.47. The van der Waals surface area contributed by atoms with E-state index in [2.05, 4.69) is 38.8 Å². The van der Waals surface area contributed by atoms with E-state index in [1.54, 1.807) is 0 Å². The van der Waals surface area contributed by atoms with Gasteiger partial charge in [0.15, 0.2) is 23.0 Å². The van der Waals surface area contributed by atoms with Crippen molar-refractivity contribution in [3.63, 3.8) is 0 Å². The minimum Gasteiger partial charge on any atom is -0.453 e. The molecule has 25 heavy (non-hydrogen) atoms. The lowest BCUT2D eigenvalue weighted by atomic mass is 10.2. The first-order valence-electron chi connectivity index (χ1n) is 7.94. The highest BCUT2D eigenvalue weighted by Crippen LogP contribution is 2.50. The van der Waals surface area contributed by atoms with Gasteiger partial charge in [0.05, 0.1) is 0 Å². The quantitative estimate of drug-likeness (QED) is 0.760. The predicted octanol–water partition coefficient (Wildman–Crippen LogP) is 3.67. The lowest BCUT2D eigenvalue weighted by Gasteiger charge is -2.20. The van der Waals surface area contributed by atoms with Gasteiger partial charge in [-0.2, -0.15) is 0 Å². The van der Waals surface area contributed by atoms with Crippen LogP contribution in [-0.4, -0.2) is 40.2 Å². The molecule has 0 bridgehead atoms. The minimum atomic E-state index is -0.377. The molecule has 2 aromatic carbocycles. The molecule has 0 saturated heterocycles. The summed E-state index contributed by atoms with van der Waals surface area (Å²) in [4.78, 5) is 0. The van der Waals surface area contributed by atoms with E-state index in [-0.39, 0.29) is 29.4 Å². The first kappa shape index (κ1) is 16.8. The second kappa shape index (κ2) is 6.55. The van der Waals surface area contributed by atoms with Gasteiger partial charge in [-0.25, -0.2) is 0 Å². The molecular formula is C18H20O5P2. The maximum atomic E-state index is 6.47. The van der Waals surface area contributed by atoms with Crippen LogP contribution in [0, 0.1) is 0 Å². The molecule has 0 radical (unpaired) electrons. The van der Waals surface area contributed by atoms with Crippen molar-refractivity contribution in [2.75, 3.05) is 40.2 Å². The van der Waals surface area contributed by atoms with E-state index in [1.165, 1.54) is 0 Å². The van der Waals surface area contributed by atoms with E-state index in [1.807, 2.05) is 12.1 Å². The maximum Gasteiger partial charge on any atom is 0.231 e. The molecule has 0 amide bonds. The lowest BCUT2D eigenvalue weighted by Crippen LogP contribution is -2.10. The van der Waals surface area contributed by atoms with Crippen LogP contribution in [0.3, 0.4) is 0 Å². The van der Waals surface area contributed by atoms with Crippen molar-refractivity contribution < 1.29 is 23.7 Å². The van der Waals surface area contributed by atoms with Crippen molar-refractivity contribution in [1.82, 2.24) is 0 Å². The van der Waals surface area contributed by atoms with Gasteiger partial charge in [0.25, 0.3) is 0 Å². The van der Waals surface area contributed by atoms with Gasteiger partial charge in [-0.1, -0.05) is 15.8 Å². The van der Waals surface area contributed by atoms with E-state index in [0.29, 0.717) is 11.5 Å². The average molecular weight is 378 g/mol. The molecule has 0 saturated carbocycles. The number of benzene rings is 2. The minimum absolute atomic E-state index is 0.216.